The largest absolute Gasteiger partial charge is 0.506 e. The van der Waals surface area contributed by atoms with Gasteiger partial charge >= 0.3 is 5.97 Å². The van der Waals surface area contributed by atoms with Gasteiger partial charge in [-0.05, 0) is 28.1 Å². The van der Waals surface area contributed by atoms with Gasteiger partial charge in [0.15, 0.2) is 0 Å². The van der Waals surface area contributed by atoms with Crippen LogP contribution in [-0.4, -0.2) is 11.1 Å². The summed E-state index contributed by atoms with van der Waals surface area (Å²) in [7, 11) is 0. The molecule has 0 radical (unpaired) electrons. The summed E-state index contributed by atoms with van der Waals surface area (Å²) in [6.45, 7) is 1.39. The van der Waals surface area contributed by atoms with E-state index >= 15 is 0 Å². The van der Waals surface area contributed by atoms with Crippen LogP contribution in [0.3, 0.4) is 0 Å². The van der Waals surface area contributed by atoms with E-state index in [0.717, 1.165) is 4.47 Å². The Morgan fingerprint density at radius 2 is 2.14 bits per heavy atom. The van der Waals surface area contributed by atoms with Crippen molar-refractivity contribution in [2.24, 2.45) is 0 Å². The summed E-state index contributed by atoms with van der Waals surface area (Å²) in [5.41, 5.74) is 0.557. The van der Waals surface area contributed by atoms with Gasteiger partial charge in [0.1, 0.15) is 12.4 Å². The molecular formula is C9H8Br2O3. The summed E-state index contributed by atoms with van der Waals surface area (Å²) in [4.78, 5) is 10.6. The lowest BCUT2D eigenvalue weighted by Gasteiger charge is -2.07. The Morgan fingerprint density at radius 1 is 1.50 bits per heavy atom. The van der Waals surface area contributed by atoms with Crippen LogP contribution in [0, 0.1) is 0 Å². The van der Waals surface area contributed by atoms with E-state index in [0.29, 0.717) is 10.0 Å². The fourth-order valence-corrected chi connectivity index (χ4v) is 2.22. The van der Waals surface area contributed by atoms with Crippen molar-refractivity contribution in [2.75, 3.05) is 0 Å². The molecule has 0 aliphatic rings. The molecule has 0 heterocycles. The zero-order chi connectivity index (χ0) is 10.7. The Balaban J connectivity index is 2.90. The van der Waals surface area contributed by atoms with Gasteiger partial charge in [-0.15, -0.1) is 0 Å². The van der Waals surface area contributed by atoms with Gasteiger partial charge in [0, 0.05) is 17.0 Å². The Bertz CT molecular complexity index is 363. The van der Waals surface area contributed by atoms with Crippen LogP contribution in [0.2, 0.25) is 0 Å². The van der Waals surface area contributed by atoms with Crippen molar-refractivity contribution in [3.63, 3.8) is 0 Å². The van der Waals surface area contributed by atoms with Crippen LogP contribution < -0.4 is 0 Å². The molecule has 5 heteroatoms. The van der Waals surface area contributed by atoms with Crippen molar-refractivity contribution in [1.29, 1.82) is 0 Å². The van der Waals surface area contributed by atoms with Gasteiger partial charge in [-0.3, -0.25) is 4.79 Å². The van der Waals surface area contributed by atoms with Gasteiger partial charge in [0.2, 0.25) is 0 Å². The maximum absolute atomic E-state index is 10.6. The normalized spacial score (nSPS) is 9.93. The zero-order valence-electron chi connectivity index (χ0n) is 7.38. The highest BCUT2D eigenvalue weighted by molar-refractivity contribution is 9.11. The lowest BCUT2D eigenvalue weighted by Crippen LogP contribution is -1.99. The third-order valence-electron chi connectivity index (χ3n) is 1.54. The number of aromatic hydroxyl groups is 1. The van der Waals surface area contributed by atoms with Gasteiger partial charge < -0.3 is 9.84 Å². The Kier molecular flexibility index (Phi) is 3.95. The lowest BCUT2D eigenvalue weighted by molar-refractivity contribution is -0.142. The molecule has 0 amide bonds. The molecule has 1 N–H and O–H groups in total. The summed E-state index contributed by atoms with van der Waals surface area (Å²) in [6, 6.07) is 3.41. The van der Waals surface area contributed by atoms with Crippen molar-refractivity contribution in [1.82, 2.24) is 0 Å². The van der Waals surface area contributed by atoms with E-state index in [1.165, 1.54) is 6.92 Å². The number of rotatable bonds is 2. The van der Waals surface area contributed by atoms with Gasteiger partial charge in [0.25, 0.3) is 0 Å². The molecule has 3 nitrogen and oxygen atoms in total. The molecule has 0 spiro atoms. The third-order valence-corrected chi connectivity index (χ3v) is 2.60. The van der Waals surface area contributed by atoms with E-state index in [4.69, 9.17) is 4.74 Å². The molecule has 0 aliphatic heterocycles. The second kappa shape index (κ2) is 4.79. The first-order valence-electron chi connectivity index (χ1n) is 3.81. The zero-order valence-corrected chi connectivity index (χ0v) is 10.6. The van der Waals surface area contributed by atoms with Crippen LogP contribution in [0.4, 0.5) is 0 Å². The standard InChI is InChI=1S/C9H8Br2O3/c1-5(12)14-4-6-2-7(10)3-8(11)9(6)13/h2-3,13H,4H2,1H3. The van der Waals surface area contributed by atoms with Crippen molar-refractivity contribution >= 4 is 37.8 Å². The Morgan fingerprint density at radius 3 is 2.71 bits per heavy atom. The summed E-state index contributed by atoms with van der Waals surface area (Å²) in [5.74, 6) is -0.282. The molecule has 0 unspecified atom stereocenters. The minimum atomic E-state index is -0.375. The molecule has 1 rings (SSSR count). The average molecular weight is 324 g/mol. The number of halogens is 2. The van der Waals surface area contributed by atoms with E-state index in [1.807, 2.05) is 0 Å². The van der Waals surface area contributed by atoms with Gasteiger partial charge in [-0.1, -0.05) is 15.9 Å². The van der Waals surface area contributed by atoms with Crippen molar-refractivity contribution in [3.05, 3.63) is 26.6 Å². The molecule has 1 aromatic carbocycles. The van der Waals surface area contributed by atoms with Crippen molar-refractivity contribution in [3.8, 4) is 5.75 Å². The molecular weight excluding hydrogens is 316 g/mol. The van der Waals surface area contributed by atoms with Crippen LogP contribution in [-0.2, 0) is 16.1 Å². The fraction of sp³-hybridized carbons (Fsp3) is 0.222. The summed E-state index contributed by atoms with van der Waals surface area (Å²) in [5, 5.41) is 9.58. The lowest BCUT2D eigenvalue weighted by atomic mass is 10.2. The molecule has 76 valence electrons. The van der Waals surface area contributed by atoms with Gasteiger partial charge in [-0.25, -0.2) is 0 Å². The number of phenolic OH excluding ortho intramolecular Hbond substituents is 1. The monoisotopic (exact) mass is 322 g/mol. The first-order chi connectivity index (χ1) is 6.50. The van der Waals surface area contributed by atoms with Gasteiger partial charge in [-0.2, -0.15) is 0 Å². The third kappa shape index (κ3) is 2.99. The second-order valence-corrected chi connectivity index (χ2v) is 4.45. The number of phenols is 1. The Labute approximate surface area is 98.3 Å². The predicted octanol–water partition coefficient (Wildman–Crippen LogP) is 2.98. The highest BCUT2D eigenvalue weighted by Gasteiger charge is 2.08. The minimum absolute atomic E-state index is 0.0687. The molecule has 0 aliphatic carbocycles. The molecule has 1 aromatic rings. The van der Waals surface area contributed by atoms with Crippen LogP contribution in [0.1, 0.15) is 12.5 Å². The van der Waals surface area contributed by atoms with E-state index in [1.54, 1.807) is 12.1 Å². The number of esters is 1. The molecule has 14 heavy (non-hydrogen) atoms. The van der Waals surface area contributed by atoms with E-state index in [9.17, 15) is 9.90 Å². The van der Waals surface area contributed by atoms with Crippen LogP contribution in [0.5, 0.6) is 5.75 Å². The van der Waals surface area contributed by atoms with Crippen molar-refractivity contribution < 1.29 is 14.6 Å². The number of hydrogen-bond donors (Lipinski definition) is 1. The minimum Gasteiger partial charge on any atom is -0.506 e. The summed E-state index contributed by atoms with van der Waals surface area (Å²) >= 11 is 6.46. The van der Waals surface area contributed by atoms with Crippen molar-refractivity contribution in [2.45, 2.75) is 13.5 Å². The second-order valence-electron chi connectivity index (χ2n) is 2.68. The SMILES string of the molecule is CC(=O)OCc1cc(Br)cc(Br)c1O. The predicted molar refractivity (Wildman–Crippen MR) is 59.0 cm³/mol. The smallest absolute Gasteiger partial charge is 0.302 e. The highest BCUT2D eigenvalue weighted by atomic mass is 79.9. The van der Waals surface area contributed by atoms with Crippen LogP contribution in [0.25, 0.3) is 0 Å². The first kappa shape index (κ1) is 11.5. The van der Waals surface area contributed by atoms with Crippen LogP contribution >= 0.6 is 31.9 Å². The number of ether oxygens (including phenoxy) is 1. The van der Waals surface area contributed by atoms with Gasteiger partial charge in [0.05, 0.1) is 4.47 Å². The molecule has 0 fully saturated rings. The molecule has 0 aromatic heterocycles. The number of benzene rings is 1. The average Bonchev–Trinajstić information content (AvgIpc) is 2.08. The highest BCUT2D eigenvalue weighted by Crippen LogP contribution is 2.31. The molecule has 0 saturated heterocycles. The summed E-state index contributed by atoms with van der Waals surface area (Å²) in [6.07, 6.45) is 0. The first-order valence-corrected chi connectivity index (χ1v) is 5.39. The Hall–Kier alpha value is -0.550. The maximum Gasteiger partial charge on any atom is 0.302 e. The van der Waals surface area contributed by atoms with E-state index in [-0.39, 0.29) is 18.3 Å². The molecule has 0 atom stereocenters. The maximum atomic E-state index is 10.6. The summed E-state index contributed by atoms with van der Waals surface area (Å²) < 4.78 is 6.15. The topological polar surface area (TPSA) is 46.5 Å². The van der Waals surface area contributed by atoms with E-state index < -0.39 is 0 Å². The quantitative estimate of drug-likeness (QED) is 0.851. The van der Waals surface area contributed by atoms with Crippen LogP contribution in [0.15, 0.2) is 21.1 Å². The number of carbonyl (C=O) groups is 1. The molecule has 0 saturated carbocycles. The van der Waals surface area contributed by atoms with E-state index in [2.05, 4.69) is 31.9 Å². The fourth-order valence-electron chi connectivity index (χ4n) is 0.909. The number of carbonyl (C=O) groups excluding carboxylic acids is 1. The number of hydrogen-bond acceptors (Lipinski definition) is 3. The molecule has 0 bridgehead atoms.